The van der Waals surface area contributed by atoms with Crippen LogP contribution in [0.3, 0.4) is 0 Å². The van der Waals surface area contributed by atoms with Gasteiger partial charge >= 0.3 is 0 Å². The number of rotatable bonds is 6. The first-order valence-electron chi connectivity index (χ1n) is 10.1. The number of sulfonamides is 1. The molecule has 0 amide bonds. The van der Waals surface area contributed by atoms with Gasteiger partial charge in [-0.1, -0.05) is 18.2 Å². The molecule has 1 aliphatic rings. The predicted molar refractivity (Wildman–Crippen MR) is 115 cm³/mol. The number of benzene rings is 1. The van der Waals surface area contributed by atoms with Crippen molar-refractivity contribution in [3.05, 3.63) is 60.2 Å². The van der Waals surface area contributed by atoms with E-state index in [0.717, 1.165) is 30.8 Å². The van der Waals surface area contributed by atoms with Crippen molar-refractivity contribution in [1.82, 2.24) is 24.1 Å². The molecule has 1 fully saturated rings. The van der Waals surface area contributed by atoms with Gasteiger partial charge in [-0.2, -0.15) is 9.40 Å². The van der Waals surface area contributed by atoms with Crippen molar-refractivity contribution < 1.29 is 8.42 Å². The molecule has 0 bridgehead atoms. The quantitative estimate of drug-likeness (QED) is 0.652. The maximum atomic E-state index is 12.8. The highest BCUT2D eigenvalue weighted by Gasteiger charge is 2.29. The first-order chi connectivity index (χ1) is 14.4. The third-order valence-corrected chi connectivity index (χ3v) is 7.29. The lowest BCUT2D eigenvalue weighted by Gasteiger charge is -2.31. The number of nitrogens with zero attached hydrogens (tertiary/aromatic N) is 5. The molecule has 0 unspecified atom stereocenters. The molecule has 3 heterocycles. The number of hydrogen-bond donors (Lipinski definition) is 1. The molecule has 0 saturated carbocycles. The van der Waals surface area contributed by atoms with Crippen molar-refractivity contribution >= 4 is 15.8 Å². The van der Waals surface area contributed by atoms with Crippen molar-refractivity contribution in [2.45, 2.75) is 31.6 Å². The Kier molecular flexibility index (Phi) is 5.83. The van der Waals surface area contributed by atoms with Gasteiger partial charge in [-0.15, -0.1) is 0 Å². The number of anilines is 1. The molecule has 1 aromatic carbocycles. The summed E-state index contributed by atoms with van der Waals surface area (Å²) in [6.45, 7) is 5.72. The van der Waals surface area contributed by atoms with E-state index in [9.17, 15) is 8.42 Å². The van der Waals surface area contributed by atoms with E-state index in [1.54, 1.807) is 45.6 Å². The summed E-state index contributed by atoms with van der Waals surface area (Å²) in [7, 11) is -3.41. The van der Waals surface area contributed by atoms with Gasteiger partial charge in [0, 0.05) is 25.3 Å². The lowest BCUT2D eigenvalue weighted by molar-refractivity contribution is 0.282. The molecule has 0 aliphatic carbocycles. The van der Waals surface area contributed by atoms with E-state index in [1.807, 2.05) is 26.0 Å². The van der Waals surface area contributed by atoms with Crippen molar-refractivity contribution in [1.29, 1.82) is 0 Å². The fourth-order valence-electron chi connectivity index (χ4n) is 3.75. The van der Waals surface area contributed by atoms with Gasteiger partial charge in [-0.3, -0.25) is 4.98 Å². The lowest BCUT2D eigenvalue weighted by Crippen LogP contribution is -2.39. The number of piperidine rings is 1. The molecule has 3 aromatic rings. The molecule has 0 radical (unpaired) electrons. The average molecular weight is 427 g/mol. The summed E-state index contributed by atoms with van der Waals surface area (Å²) in [5.74, 6) is 1.75. The third kappa shape index (κ3) is 4.36. The first-order valence-corrected chi connectivity index (χ1v) is 11.5. The standard InChI is InChI=1S/C21H26N6O2S/c1-16-12-17(2)27(25-16)21-15-22-14-20(24-21)23-13-18-8-10-26(11-9-18)30(28,29)19-6-4-3-5-7-19/h3-7,12,14-15,18H,8-11,13H2,1-2H3,(H,23,24). The van der Waals surface area contributed by atoms with E-state index in [-0.39, 0.29) is 0 Å². The fraction of sp³-hybridized carbons (Fsp3) is 0.381. The van der Waals surface area contributed by atoms with Gasteiger partial charge in [-0.05, 0) is 50.8 Å². The van der Waals surface area contributed by atoms with Crippen molar-refractivity contribution in [3.8, 4) is 5.82 Å². The molecule has 1 aliphatic heterocycles. The maximum Gasteiger partial charge on any atom is 0.243 e. The molecule has 1 saturated heterocycles. The van der Waals surface area contributed by atoms with Crippen LogP contribution in [0.15, 0.2) is 53.7 Å². The Hall–Kier alpha value is -2.78. The van der Waals surface area contributed by atoms with Crippen LogP contribution < -0.4 is 5.32 Å². The highest BCUT2D eigenvalue weighted by molar-refractivity contribution is 7.89. The minimum Gasteiger partial charge on any atom is -0.368 e. The first kappa shape index (κ1) is 20.5. The fourth-order valence-corrected chi connectivity index (χ4v) is 5.24. The average Bonchev–Trinajstić information content (AvgIpc) is 3.11. The minimum atomic E-state index is -3.41. The molecule has 9 heteroatoms. The van der Waals surface area contributed by atoms with Crippen LogP contribution in [0.25, 0.3) is 5.82 Å². The molecule has 0 spiro atoms. The van der Waals surface area contributed by atoms with Crippen LogP contribution in [-0.2, 0) is 10.0 Å². The van der Waals surface area contributed by atoms with Gasteiger partial charge in [0.05, 0.1) is 23.0 Å². The zero-order chi connectivity index (χ0) is 21.1. The lowest BCUT2D eigenvalue weighted by atomic mass is 9.98. The normalized spacial score (nSPS) is 15.9. The summed E-state index contributed by atoms with van der Waals surface area (Å²) in [6.07, 6.45) is 5.01. The highest BCUT2D eigenvalue weighted by Crippen LogP contribution is 2.24. The van der Waals surface area contributed by atoms with Crippen molar-refractivity contribution in [2.75, 3.05) is 25.0 Å². The Morgan fingerprint density at radius 2 is 1.83 bits per heavy atom. The number of nitrogens with one attached hydrogen (secondary N) is 1. The summed E-state index contributed by atoms with van der Waals surface area (Å²) in [4.78, 5) is 9.25. The Balaban J connectivity index is 1.34. The number of aryl methyl sites for hydroxylation is 2. The van der Waals surface area contributed by atoms with E-state index in [0.29, 0.717) is 35.5 Å². The van der Waals surface area contributed by atoms with Gasteiger partial charge < -0.3 is 5.32 Å². The van der Waals surface area contributed by atoms with Gasteiger partial charge in [0.1, 0.15) is 5.82 Å². The van der Waals surface area contributed by atoms with Crippen LogP contribution in [0.1, 0.15) is 24.2 Å². The maximum absolute atomic E-state index is 12.8. The zero-order valence-corrected chi connectivity index (χ0v) is 18.0. The van der Waals surface area contributed by atoms with Crippen LogP contribution in [0.5, 0.6) is 0 Å². The Bertz CT molecular complexity index is 1110. The van der Waals surface area contributed by atoms with Gasteiger partial charge in [-0.25, -0.2) is 18.1 Å². The zero-order valence-electron chi connectivity index (χ0n) is 17.2. The summed E-state index contributed by atoms with van der Waals surface area (Å²) in [6, 6.07) is 10.6. The largest absolute Gasteiger partial charge is 0.368 e. The van der Waals surface area contributed by atoms with E-state index in [2.05, 4.69) is 20.4 Å². The second-order valence-electron chi connectivity index (χ2n) is 7.64. The van der Waals surface area contributed by atoms with E-state index < -0.39 is 10.0 Å². The van der Waals surface area contributed by atoms with Crippen LogP contribution in [-0.4, -0.2) is 52.1 Å². The SMILES string of the molecule is Cc1cc(C)n(-c2cncc(NCC3CCN(S(=O)(=O)c4ccccc4)CC3)n2)n1. The summed E-state index contributed by atoms with van der Waals surface area (Å²) >= 11 is 0. The molecule has 8 nitrogen and oxygen atoms in total. The summed E-state index contributed by atoms with van der Waals surface area (Å²) in [5, 5.41) is 7.81. The van der Waals surface area contributed by atoms with Crippen LogP contribution in [0.2, 0.25) is 0 Å². The van der Waals surface area contributed by atoms with Gasteiger partial charge in [0.15, 0.2) is 5.82 Å². The Morgan fingerprint density at radius 3 is 2.50 bits per heavy atom. The molecule has 1 N–H and O–H groups in total. The summed E-state index contributed by atoms with van der Waals surface area (Å²) < 4.78 is 28.9. The second kappa shape index (κ2) is 8.53. The van der Waals surface area contributed by atoms with E-state index in [4.69, 9.17) is 0 Å². The monoisotopic (exact) mass is 426 g/mol. The van der Waals surface area contributed by atoms with Crippen molar-refractivity contribution in [3.63, 3.8) is 0 Å². The van der Waals surface area contributed by atoms with Gasteiger partial charge in [0.2, 0.25) is 10.0 Å². The number of hydrogen-bond acceptors (Lipinski definition) is 6. The minimum absolute atomic E-state index is 0.359. The van der Waals surface area contributed by atoms with Crippen LogP contribution in [0, 0.1) is 19.8 Å². The van der Waals surface area contributed by atoms with Crippen LogP contribution >= 0.6 is 0 Å². The smallest absolute Gasteiger partial charge is 0.243 e. The van der Waals surface area contributed by atoms with Crippen LogP contribution in [0.4, 0.5) is 5.82 Å². The van der Waals surface area contributed by atoms with E-state index >= 15 is 0 Å². The van der Waals surface area contributed by atoms with Gasteiger partial charge in [0.25, 0.3) is 0 Å². The molecule has 2 aromatic heterocycles. The molecule has 158 valence electrons. The Labute approximate surface area is 177 Å². The van der Waals surface area contributed by atoms with Crippen molar-refractivity contribution in [2.24, 2.45) is 5.92 Å². The molecule has 4 rings (SSSR count). The molecular formula is C21H26N6O2S. The molecule has 0 atom stereocenters. The third-order valence-electron chi connectivity index (χ3n) is 5.37. The summed E-state index contributed by atoms with van der Waals surface area (Å²) in [5.41, 5.74) is 1.94. The predicted octanol–water partition coefficient (Wildman–Crippen LogP) is 2.79. The Morgan fingerprint density at radius 1 is 1.10 bits per heavy atom. The molecule has 30 heavy (non-hydrogen) atoms. The van der Waals surface area contributed by atoms with E-state index in [1.165, 1.54) is 0 Å². The second-order valence-corrected chi connectivity index (χ2v) is 9.58. The number of aromatic nitrogens is 4. The molecular weight excluding hydrogens is 400 g/mol. The topological polar surface area (TPSA) is 93.0 Å². The highest BCUT2D eigenvalue weighted by atomic mass is 32.2.